The van der Waals surface area contributed by atoms with Crippen LogP contribution in [0.25, 0.3) is 0 Å². The van der Waals surface area contributed by atoms with Gasteiger partial charge in [-0.1, -0.05) is 36.4 Å². The summed E-state index contributed by atoms with van der Waals surface area (Å²) < 4.78 is 67.9. The van der Waals surface area contributed by atoms with E-state index in [0.717, 1.165) is 108 Å². The number of pyridine rings is 6. The summed E-state index contributed by atoms with van der Waals surface area (Å²) in [5.74, 6) is 0. The van der Waals surface area contributed by atoms with E-state index in [1.54, 1.807) is 24.3 Å². The van der Waals surface area contributed by atoms with E-state index in [1.165, 1.54) is 27.7 Å². The van der Waals surface area contributed by atoms with E-state index in [1.807, 2.05) is 77.9 Å². The summed E-state index contributed by atoms with van der Waals surface area (Å²) in [4.78, 5) is 32.6. The quantitative estimate of drug-likeness (QED) is 0.148. The molecule has 0 aliphatic rings. The van der Waals surface area contributed by atoms with E-state index in [4.69, 9.17) is 58.3 Å². The van der Waals surface area contributed by atoms with E-state index in [9.17, 15) is 0 Å². The number of halogens is 2. The van der Waals surface area contributed by atoms with Gasteiger partial charge in [-0.3, -0.25) is 39.7 Å². The first-order valence-corrected chi connectivity index (χ1v) is 23.8. The standard InChI is InChI=1S/2C21H24N4.4C2H3N.2ClHO4.2Fe.2H2O/c2*1-16-7-4-10-19(22-16)13-25(14-20-11-5-8-17(2)23-20)15-21-12-6-9-18(3)24-21;4*1-2-3;2*2-1(3,4)5;;;;/h2*4-12H,13-15H2,1-3H3;4*1H3;2*(H,2,3,4,5);;;2*1H2/q;;;;;;;;2*+3;;/p-4. The molecule has 0 aliphatic heterocycles. The van der Waals surface area contributed by atoms with Crippen LogP contribution in [0.4, 0.5) is 0 Å². The molecule has 6 aromatic heterocycles. The maximum absolute atomic E-state index is 8.49. The van der Waals surface area contributed by atoms with E-state index in [-0.39, 0.29) is 45.1 Å². The third-order valence-electron chi connectivity index (χ3n) is 7.99. The van der Waals surface area contributed by atoms with Crippen molar-refractivity contribution in [1.29, 1.82) is 21.0 Å². The van der Waals surface area contributed by atoms with Gasteiger partial charge in [-0.25, -0.2) is 37.3 Å². The maximum Gasteiger partial charge on any atom is 3.00 e. The minimum absolute atomic E-state index is 0. The summed E-state index contributed by atoms with van der Waals surface area (Å²) in [6.45, 7) is 22.5. The van der Waals surface area contributed by atoms with Crippen LogP contribution in [0.3, 0.4) is 0 Å². The normalized spacial score (nSPS) is 9.26. The fourth-order valence-corrected chi connectivity index (χ4v) is 5.84. The number of aryl methyl sites for hydroxylation is 6. The van der Waals surface area contributed by atoms with Crippen molar-refractivity contribution in [3.63, 3.8) is 0 Å². The van der Waals surface area contributed by atoms with Crippen molar-refractivity contribution in [1.82, 2.24) is 39.7 Å². The first kappa shape index (κ1) is 81.4. The van der Waals surface area contributed by atoms with Gasteiger partial charge in [0.1, 0.15) is 0 Å². The molecule has 410 valence electrons. The van der Waals surface area contributed by atoms with Crippen LogP contribution < -0.4 is 37.3 Å². The van der Waals surface area contributed by atoms with Gasteiger partial charge in [0.15, 0.2) is 0 Å². The molecular formula is C50H62Cl2Fe2N12O10+2. The Kier molecular flexibility index (Phi) is 50.8. The van der Waals surface area contributed by atoms with E-state index < -0.39 is 20.5 Å². The molecule has 0 saturated heterocycles. The molecule has 2 radical (unpaired) electrons. The van der Waals surface area contributed by atoms with Crippen LogP contribution in [-0.2, 0) is 73.4 Å². The molecule has 22 nitrogen and oxygen atoms in total. The first-order valence-electron chi connectivity index (χ1n) is 21.3. The predicted octanol–water partition coefficient (Wildman–Crippen LogP) is 0.247. The fraction of sp³-hybridized carbons (Fsp3) is 0.320. The van der Waals surface area contributed by atoms with Crippen LogP contribution in [0, 0.1) is 107 Å². The Hall–Kier alpha value is -6.00. The zero-order valence-electron chi connectivity index (χ0n) is 43.6. The van der Waals surface area contributed by atoms with Crippen molar-refractivity contribution in [2.45, 2.75) is 109 Å². The molecule has 0 atom stereocenters. The van der Waals surface area contributed by atoms with Crippen LogP contribution in [0.2, 0.25) is 0 Å². The first-order chi connectivity index (χ1) is 33.8. The summed E-state index contributed by atoms with van der Waals surface area (Å²) in [5, 5.41) is 29.3. The number of nitrogens with zero attached hydrogens (tertiary/aromatic N) is 12. The number of nitriles is 4. The Labute approximate surface area is 471 Å². The molecule has 76 heavy (non-hydrogen) atoms. The van der Waals surface area contributed by atoms with Crippen LogP contribution >= 0.6 is 0 Å². The molecule has 2 N–H and O–H groups in total. The SMILES string of the molecule is CC#N.CC#N.CC#N.CC#N.Cc1cccc(CN(Cc2cccc(C)n2)Cc2cccc(C)n2)n1.Cc1cccc(CN(Cc2cccc(C)n2)Cc2cccc(C)n2)n1.[Fe+3].[Fe+3].[O-][Cl+3]([O-])([O-])[O-].[O-][Cl+3]([O-])([O-])[O-].[OH-].[OH-]. The minimum atomic E-state index is -4.94. The van der Waals surface area contributed by atoms with Crippen molar-refractivity contribution in [3.8, 4) is 24.3 Å². The summed E-state index contributed by atoms with van der Waals surface area (Å²) in [7, 11) is -9.89. The van der Waals surface area contributed by atoms with Gasteiger partial charge in [0, 0.05) is 101 Å². The molecule has 26 heteroatoms. The summed E-state index contributed by atoms with van der Waals surface area (Å²) in [6, 6.07) is 44.0. The largest absolute Gasteiger partial charge is 3.00 e. The Morgan fingerprint density at radius 2 is 0.434 bits per heavy atom. The Balaban J connectivity index is -0.000000224. The monoisotopic (exact) mass is 1170 g/mol. The molecule has 0 amide bonds. The second-order valence-corrected chi connectivity index (χ2v) is 16.1. The van der Waals surface area contributed by atoms with Crippen molar-refractivity contribution in [3.05, 3.63) is 178 Å². The van der Waals surface area contributed by atoms with E-state index in [0.29, 0.717) is 0 Å². The zero-order valence-corrected chi connectivity index (χ0v) is 47.3. The predicted molar refractivity (Wildman–Crippen MR) is 249 cm³/mol. The Morgan fingerprint density at radius 1 is 0.329 bits per heavy atom. The molecule has 6 aromatic rings. The summed E-state index contributed by atoms with van der Waals surface area (Å²) in [5.41, 5.74) is 12.7. The van der Waals surface area contributed by atoms with Crippen LogP contribution in [-0.4, -0.2) is 50.7 Å². The second kappa shape index (κ2) is 47.4. The number of hydrogen-bond acceptors (Lipinski definition) is 22. The van der Waals surface area contributed by atoms with Gasteiger partial charge in [-0.2, -0.15) is 21.0 Å². The van der Waals surface area contributed by atoms with Gasteiger partial charge in [0.05, 0.1) is 58.4 Å². The topological polar surface area (TPSA) is 423 Å². The Bertz CT molecular complexity index is 2190. The summed E-state index contributed by atoms with van der Waals surface area (Å²) in [6.07, 6.45) is 0. The van der Waals surface area contributed by atoms with Crippen LogP contribution in [0.15, 0.2) is 109 Å². The van der Waals surface area contributed by atoms with E-state index in [2.05, 4.69) is 113 Å². The van der Waals surface area contributed by atoms with Crippen molar-refractivity contribution < 1.29 is 103 Å². The number of rotatable bonds is 12. The molecule has 0 spiro atoms. The average Bonchev–Trinajstić information content (AvgIpc) is 3.24. The molecule has 6 heterocycles. The van der Waals surface area contributed by atoms with Gasteiger partial charge in [0.2, 0.25) is 0 Å². The van der Waals surface area contributed by atoms with E-state index >= 15 is 0 Å². The van der Waals surface area contributed by atoms with Gasteiger partial charge in [0.25, 0.3) is 0 Å². The van der Waals surface area contributed by atoms with Gasteiger partial charge in [-0.05, 0) is 114 Å². The second-order valence-electron chi connectivity index (χ2n) is 14.6. The summed E-state index contributed by atoms with van der Waals surface area (Å²) >= 11 is 0. The average molecular weight is 1170 g/mol. The third kappa shape index (κ3) is 50.2. The third-order valence-corrected chi connectivity index (χ3v) is 7.99. The van der Waals surface area contributed by atoms with Crippen molar-refractivity contribution in [2.24, 2.45) is 0 Å². The molecule has 0 unspecified atom stereocenters. The van der Waals surface area contributed by atoms with Crippen molar-refractivity contribution >= 4 is 0 Å². The molecule has 0 saturated carbocycles. The smallest absolute Gasteiger partial charge is 0.870 e. The van der Waals surface area contributed by atoms with Gasteiger partial charge < -0.3 is 11.0 Å². The maximum atomic E-state index is 8.49. The van der Waals surface area contributed by atoms with Crippen LogP contribution in [0.1, 0.15) is 96.0 Å². The molecule has 0 aromatic carbocycles. The van der Waals surface area contributed by atoms with Crippen LogP contribution in [0.5, 0.6) is 0 Å². The van der Waals surface area contributed by atoms with Gasteiger partial charge in [-0.15, -0.1) is 20.5 Å². The zero-order chi connectivity index (χ0) is 55.1. The van der Waals surface area contributed by atoms with Crippen molar-refractivity contribution in [2.75, 3.05) is 0 Å². The Morgan fingerprint density at radius 3 is 0.526 bits per heavy atom. The fourth-order valence-electron chi connectivity index (χ4n) is 5.84. The number of aromatic nitrogens is 6. The molecule has 0 aliphatic carbocycles. The number of hydrogen-bond donors (Lipinski definition) is 0. The molecule has 0 bridgehead atoms. The minimum Gasteiger partial charge on any atom is -0.870 e. The molecule has 0 fully saturated rings. The van der Waals surface area contributed by atoms with Gasteiger partial charge >= 0.3 is 34.1 Å². The molecule has 6 rings (SSSR count). The molecular weight excluding hydrogens is 1110 g/mol.